The highest BCUT2D eigenvalue weighted by Crippen LogP contribution is 2.22. The number of amides is 2. The number of fused-ring (bicyclic) bond motifs is 1. The second-order valence-electron chi connectivity index (χ2n) is 6.51. The molecule has 7 heteroatoms. The van der Waals surface area contributed by atoms with Gasteiger partial charge in [-0.1, -0.05) is 6.92 Å². The van der Waals surface area contributed by atoms with Gasteiger partial charge in [-0.15, -0.1) is 0 Å². The molecule has 2 aromatic rings. The second-order valence-corrected chi connectivity index (χ2v) is 6.51. The number of benzene rings is 1. The fourth-order valence-corrected chi connectivity index (χ4v) is 2.73. The highest BCUT2D eigenvalue weighted by atomic mass is 16.4. The van der Waals surface area contributed by atoms with Crippen LogP contribution >= 0.6 is 0 Å². The van der Waals surface area contributed by atoms with Gasteiger partial charge in [0.15, 0.2) is 0 Å². The summed E-state index contributed by atoms with van der Waals surface area (Å²) in [6.07, 6.45) is 0. The molecule has 1 aromatic heterocycles. The number of rotatable bonds is 7. The Balaban J connectivity index is 2.28. The lowest BCUT2D eigenvalue weighted by molar-refractivity contribution is -0.122. The van der Waals surface area contributed by atoms with Crippen molar-refractivity contribution in [2.24, 2.45) is 0 Å². The van der Waals surface area contributed by atoms with Crippen LogP contribution in [0.25, 0.3) is 11.0 Å². The standard InChI is InChI=1S/C19H25N3O4/c1-5-22(11-18(24)20-12(2)3)10-14-8-19(25)26-17-9-15(21-13(4)23)6-7-16(14)17/h6-9,12H,5,10-11H2,1-4H3,(H,20,24)(H,21,23). The van der Waals surface area contributed by atoms with Gasteiger partial charge in [-0.2, -0.15) is 0 Å². The molecule has 0 saturated heterocycles. The molecule has 26 heavy (non-hydrogen) atoms. The minimum Gasteiger partial charge on any atom is -0.423 e. The Morgan fingerprint density at radius 2 is 1.96 bits per heavy atom. The maximum Gasteiger partial charge on any atom is 0.336 e. The minimum absolute atomic E-state index is 0.0536. The van der Waals surface area contributed by atoms with Crippen molar-refractivity contribution < 1.29 is 14.0 Å². The Labute approximate surface area is 152 Å². The molecule has 0 aliphatic carbocycles. The SMILES string of the molecule is CCN(CC(=O)NC(C)C)Cc1cc(=O)oc2cc(NC(C)=O)ccc12. The summed E-state index contributed by atoms with van der Waals surface area (Å²) in [6, 6.07) is 6.72. The van der Waals surface area contributed by atoms with Gasteiger partial charge in [0.25, 0.3) is 0 Å². The number of likely N-dealkylation sites (N-methyl/N-ethyl adjacent to an activating group) is 1. The van der Waals surface area contributed by atoms with Gasteiger partial charge in [-0.05, 0) is 38.1 Å². The second kappa shape index (κ2) is 8.62. The summed E-state index contributed by atoms with van der Waals surface area (Å²) in [7, 11) is 0. The molecule has 7 nitrogen and oxygen atoms in total. The molecule has 0 spiro atoms. The van der Waals surface area contributed by atoms with E-state index in [0.29, 0.717) is 24.4 Å². The number of hydrogen-bond donors (Lipinski definition) is 2. The third-order valence-corrected chi connectivity index (χ3v) is 3.81. The summed E-state index contributed by atoms with van der Waals surface area (Å²) in [6.45, 7) is 8.57. The van der Waals surface area contributed by atoms with Crippen LogP contribution in [0.2, 0.25) is 0 Å². The van der Waals surface area contributed by atoms with E-state index < -0.39 is 5.63 Å². The number of nitrogens with zero attached hydrogens (tertiary/aromatic N) is 1. The maximum absolute atomic E-state index is 12.0. The molecule has 0 saturated carbocycles. The van der Waals surface area contributed by atoms with Crippen molar-refractivity contribution in [2.45, 2.75) is 40.3 Å². The quantitative estimate of drug-likeness (QED) is 0.739. The van der Waals surface area contributed by atoms with Gasteiger partial charge >= 0.3 is 5.63 Å². The van der Waals surface area contributed by atoms with E-state index in [4.69, 9.17) is 4.42 Å². The molecule has 0 fully saturated rings. The van der Waals surface area contributed by atoms with Crippen molar-refractivity contribution in [1.82, 2.24) is 10.2 Å². The van der Waals surface area contributed by atoms with Gasteiger partial charge in [0.05, 0.1) is 6.54 Å². The molecule has 0 aliphatic rings. The zero-order valence-corrected chi connectivity index (χ0v) is 15.6. The van der Waals surface area contributed by atoms with E-state index in [1.54, 1.807) is 18.2 Å². The summed E-state index contributed by atoms with van der Waals surface area (Å²) in [5, 5.41) is 6.31. The van der Waals surface area contributed by atoms with Crippen LogP contribution < -0.4 is 16.3 Å². The van der Waals surface area contributed by atoms with Crippen LogP contribution in [0.3, 0.4) is 0 Å². The molecule has 2 amide bonds. The van der Waals surface area contributed by atoms with Crippen molar-refractivity contribution in [3.05, 3.63) is 40.2 Å². The van der Waals surface area contributed by atoms with Crippen molar-refractivity contribution in [1.29, 1.82) is 0 Å². The molecule has 0 atom stereocenters. The average Bonchev–Trinajstić information content (AvgIpc) is 2.52. The van der Waals surface area contributed by atoms with Crippen molar-refractivity contribution in [3.8, 4) is 0 Å². The summed E-state index contributed by atoms with van der Waals surface area (Å²) in [5.41, 5.74) is 1.29. The highest BCUT2D eigenvalue weighted by molar-refractivity contribution is 5.92. The fraction of sp³-hybridized carbons (Fsp3) is 0.421. The van der Waals surface area contributed by atoms with E-state index in [2.05, 4.69) is 10.6 Å². The summed E-state index contributed by atoms with van der Waals surface area (Å²) in [5.74, 6) is -0.252. The van der Waals surface area contributed by atoms with Gasteiger partial charge < -0.3 is 15.1 Å². The van der Waals surface area contributed by atoms with E-state index in [1.165, 1.54) is 13.0 Å². The molecule has 1 heterocycles. The van der Waals surface area contributed by atoms with E-state index >= 15 is 0 Å². The van der Waals surface area contributed by atoms with Crippen LogP contribution in [-0.4, -0.2) is 35.8 Å². The van der Waals surface area contributed by atoms with Crippen LogP contribution in [0, 0.1) is 0 Å². The number of nitrogens with one attached hydrogen (secondary N) is 2. The van der Waals surface area contributed by atoms with Gasteiger partial charge in [-0.3, -0.25) is 14.5 Å². The van der Waals surface area contributed by atoms with E-state index in [0.717, 1.165) is 10.9 Å². The molecule has 2 N–H and O–H groups in total. The van der Waals surface area contributed by atoms with Gasteiger partial charge in [-0.25, -0.2) is 4.79 Å². The molecule has 140 valence electrons. The van der Waals surface area contributed by atoms with Crippen molar-refractivity contribution >= 4 is 28.5 Å². The minimum atomic E-state index is -0.463. The smallest absolute Gasteiger partial charge is 0.336 e. The third-order valence-electron chi connectivity index (χ3n) is 3.81. The van der Waals surface area contributed by atoms with Crippen LogP contribution in [0.4, 0.5) is 5.69 Å². The first-order valence-corrected chi connectivity index (χ1v) is 8.64. The molecule has 2 rings (SSSR count). The lowest BCUT2D eigenvalue weighted by Crippen LogP contribution is -2.39. The Hall–Kier alpha value is -2.67. The predicted octanol–water partition coefficient (Wildman–Crippen LogP) is 2.10. The third kappa shape index (κ3) is 5.42. The number of anilines is 1. The molecule has 0 aliphatic heterocycles. The Bertz CT molecular complexity index is 857. The Morgan fingerprint density at radius 1 is 1.23 bits per heavy atom. The molecule has 0 unspecified atom stereocenters. The summed E-state index contributed by atoms with van der Waals surface area (Å²) < 4.78 is 5.27. The maximum atomic E-state index is 12.0. The fourth-order valence-electron chi connectivity index (χ4n) is 2.73. The van der Waals surface area contributed by atoms with Gasteiger partial charge in [0, 0.05) is 42.7 Å². The average molecular weight is 359 g/mol. The lowest BCUT2D eigenvalue weighted by atomic mass is 10.1. The first-order chi connectivity index (χ1) is 12.3. The van der Waals surface area contributed by atoms with Crippen LogP contribution in [-0.2, 0) is 16.1 Å². The molecule has 0 bridgehead atoms. The Kier molecular flexibility index (Phi) is 6.52. The molecule has 1 aromatic carbocycles. The molecular formula is C19H25N3O4. The predicted molar refractivity (Wildman–Crippen MR) is 101 cm³/mol. The molecular weight excluding hydrogens is 334 g/mol. The van der Waals surface area contributed by atoms with Gasteiger partial charge in [0.1, 0.15) is 5.58 Å². The van der Waals surface area contributed by atoms with Crippen LogP contribution in [0.5, 0.6) is 0 Å². The van der Waals surface area contributed by atoms with E-state index in [1.807, 2.05) is 25.7 Å². The van der Waals surface area contributed by atoms with Crippen molar-refractivity contribution in [2.75, 3.05) is 18.4 Å². The van der Waals surface area contributed by atoms with Crippen LogP contribution in [0.1, 0.15) is 33.3 Å². The Morgan fingerprint density at radius 3 is 2.58 bits per heavy atom. The monoisotopic (exact) mass is 359 g/mol. The van der Waals surface area contributed by atoms with Crippen LogP contribution in [0.15, 0.2) is 33.5 Å². The lowest BCUT2D eigenvalue weighted by Gasteiger charge is -2.21. The van der Waals surface area contributed by atoms with E-state index in [-0.39, 0.29) is 24.4 Å². The molecule has 0 radical (unpaired) electrons. The largest absolute Gasteiger partial charge is 0.423 e. The number of hydrogen-bond acceptors (Lipinski definition) is 5. The topological polar surface area (TPSA) is 91.7 Å². The zero-order valence-electron chi connectivity index (χ0n) is 15.6. The summed E-state index contributed by atoms with van der Waals surface area (Å²) >= 11 is 0. The van der Waals surface area contributed by atoms with Crippen molar-refractivity contribution in [3.63, 3.8) is 0 Å². The first kappa shape index (κ1) is 19.7. The zero-order chi connectivity index (χ0) is 19.3. The summed E-state index contributed by atoms with van der Waals surface area (Å²) in [4.78, 5) is 37.1. The normalized spacial score (nSPS) is 11.2. The van der Waals surface area contributed by atoms with Gasteiger partial charge in [0.2, 0.25) is 11.8 Å². The number of carbonyl (C=O) groups is 2. The first-order valence-electron chi connectivity index (χ1n) is 8.64. The number of carbonyl (C=O) groups excluding carboxylic acids is 2. The van der Waals surface area contributed by atoms with E-state index in [9.17, 15) is 14.4 Å². The highest BCUT2D eigenvalue weighted by Gasteiger charge is 2.14.